The van der Waals surface area contributed by atoms with Crippen molar-refractivity contribution in [2.45, 2.75) is 47.8 Å². The number of thioether (sulfide) groups is 2. The Kier molecular flexibility index (Phi) is 8.86. The molecule has 3 rings (SSSR count). The highest BCUT2D eigenvalue weighted by Gasteiger charge is 2.28. The number of carboxylic acid groups (broad SMARTS) is 1. The molecule has 0 fully saturated rings. The average molecular weight is 463 g/mol. The van der Waals surface area contributed by atoms with Gasteiger partial charge >= 0.3 is 5.97 Å². The molecule has 0 saturated carbocycles. The van der Waals surface area contributed by atoms with Crippen LogP contribution in [0.4, 0.5) is 11.4 Å². The first-order valence-electron chi connectivity index (χ1n) is 10.3. The minimum Gasteiger partial charge on any atom is -0.481 e. The van der Waals surface area contributed by atoms with Crippen molar-refractivity contribution >= 4 is 52.8 Å². The van der Waals surface area contributed by atoms with Gasteiger partial charge in [0.2, 0.25) is 0 Å². The van der Waals surface area contributed by atoms with E-state index in [4.69, 9.17) is 5.11 Å². The molecule has 7 heteroatoms. The normalized spacial score (nSPS) is 16.9. The van der Waals surface area contributed by atoms with Crippen LogP contribution < -0.4 is 4.90 Å². The van der Waals surface area contributed by atoms with E-state index in [1.807, 2.05) is 11.9 Å². The first kappa shape index (κ1) is 23.4. The van der Waals surface area contributed by atoms with Gasteiger partial charge in [0.05, 0.1) is 11.4 Å². The molecule has 162 valence electrons. The molecule has 0 spiro atoms. The lowest BCUT2D eigenvalue weighted by molar-refractivity contribution is -0.133. The number of nitrogens with zero attached hydrogens (tertiary/aromatic N) is 2. The Morgan fingerprint density at radius 3 is 2.70 bits per heavy atom. The van der Waals surface area contributed by atoms with Crippen molar-refractivity contribution in [1.29, 1.82) is 0 Å². The number of benzene rings is 2. The molecular weight excluding hydrogens is 432 g/mol. The van der Waals surface area contributed by atoms with E-state index in [2.05, 4.69) is 71.9 Å². The third-order valence-electron chi connectivity index (χ3n) is 5.24. The van der Waals surface area contributed by atoms with Crippen LogP contribution in [0.15, 0.2) is 52.3 Å². The van der Waals surface area contributed by atoms with Crippen molar-refractivity contribution < 1.29 is 9.90 Å². The Hall–Kier alpha value is -1.28. The second kappa shape index (κ2) is 11.4. The average Bonchev–Trinajstić information content (AvgIpc) is 2.87. The van der Waals surface area contributed by atoms with E-state index < -0.39 is 5.97 Å². The van der Waals surface area contributed by atoms with E-state index in [9.17, 15) is 4.79 Å². The number of carbonyl (C=O) groups is 1. The van der Waals surface area contributed by atoms with Crippen LogP contribution in [0, 0.1) is 0 Å². The van der Waals surface area contributed by atoms with E-state index >= 15 is 0 Å². The van der Waals surface area contributed by atoms with E-state index in [0.29, 0.717) is 11.8 Å². The highest BCUT2D eigenvalue weighted by molar-refractivity contribution is 7.99. The maximum Gasteiger partial charge on any atom is 0.313 e. The van der Waals surface area contributed by atoms with Crippen molar-refractivity contribution in [3.8, 4) is 0 Å². The standard InChI is InChI=1S/C23H30N2O2S3/c1-4-5-9-19-14-25(18-10-7-6-8-11-18)20-13-21(28-3)17(15-29-16-23(26)27)12-22(20)30-24(19)2/h6-8,10-13,19H,4-5,9,14-16H2,1-3H3,(H,26,27)/t19-/m0/s1. The first-order chi connectivity index (χ1) is 14.5. The molecule has 1 atom stereocenters. The second-order valence-electron chi connectivity index (χ2n) is 7.40. The Morgan fingerprint density at radius 1 is 1.27 bits per heavy atom. The van der Waals surface area contributed by atoms with Crippen molar-refractivity contribution in [3.63, 3.8) is 0 Å². The molecule has 0 bridgehead atoms. The highest BCUT2D eigenvalue weighted by Crippen LogP contribution is 2.44. The zero-order valence-electron chi connectivity index (χ0n) is 17.8. The molecule has 0 unspecified atom stereocenters. The molecule has 0 amide bonds. The Morgan fingerprint density at radius 2 is 2.03 bits per heavy atom. The number of para-hydroxylation sites is 1. The number of anilines is 2. The van der Waals surface area contributed by atoms with Crippen LogP contribution in [0.3, 0.4) is 0 Å². The summed E-state index contributed by atoms with van der Waals surface area (Å²) in [5.74, 6) is 0.0845. The van der Waals surface area contributed by atoms with Gasteiger partial charge in [-0.15, -0.1) is 23.5 Å². The highest BCUT2D eigenvalue weighted by atomic mass is 32.2. The summed E-state index contributed by atoms with van der Waals surface area (Å²) >= 11 is 5.02. The van der Waals surface area contributed by atoms with E-state index in [1.54, 1.807) is 11.8 Å². The molecule has 1 aliphatic rings. The van der Waals surface area contributed by atoms with Crippen LogP contribution in [0.1, 0.15) is 31.7 Å². The quantitative estimate of drug-likeness (QED) is 0.343. The smallest absolute Gasteiger partial charge is 0.313 e. The molecule has 0 aliphatic carbocycles. The van der Waals surface area contributed by atoms with Crippen LogP contribution >= 0.6 is 35.5 Å². The van der Waals surface area contributed by atoms with Crippen molar-refractivity contribution in [2.75, 3.05) is 30.5 Å². The number of likely N-dealkylation sites (N-methyl/N-ethyl adjacent to an activating group) is 1. The van der Waals surface area contributed by atoms with Crippen molar-refractivity contribution in [2.24, 2.45) is 0 Å². The minimum atomic E-state index is -0.761. The number of carboxylic acids is 1. The van der Waals surface area contributed by atoms with Crippen LogP contribution in [-0.4, -0.2) is 47.0 Å². The monoisotopic (exact) mass is 462 g/mol. The molecule has 1 N–H and O–H groups in total. The summed E-state index contributed by atoms with van der Waals surface area (Å²) in [7, 11) is 2.20. The van der Waals surface area contributed by atoms with Crippen LogP contribution in [0.5, 0.6) is 0 Å². The van der Waals surface area contributed by atoms with Crippen LogP contribution in [-0.2, 0) is 10.5 Å². The zero-order chi connectivity index (χ0) is 21.5. The van der Waals surface area contributed by atoms with E-state index in [-0.39, 0.29) is 5.75 Å². The third-order valence-corrected chi connectivity index (χ3v) is 8.14. The van der Waals surface area contributed by atoms with Gasteiger partial charge in [-0.05, 0) is 61.5 Å². The van der Waals surface area contributed by atoms with Crippen molar-refractivity contribution in [3.05, 3.63) is 48.0 Å². The van der Waals surface area contributed by atoms with E-state index in [1.165, 1.54) is 57.8 Å². The van der Waals surface area contributed by atoms with Gasteiger partial charge in [-0.25, -0.2) is 4.31 Å². The van der Waals surface area contributed by atoms with Gasteiger partial charge in [-0.2, -0.15) is 0 Å². The second-order valence-corrected chi connectivity index (χ2v) is 10.4. The summed E-state index contributed by atoms with van der Waals surface area (Å²) in [5, 5.41) is 9.00. The lowest BCUT2D eigenvalue weighted by Crippen LogP contribution is -2.35. The fraction of sp³-hybridized carbons (Fsp3) is 0.435. The van der Waals surface area contributed by atoms with Gasteiger partial charge in [0, 0.05) is 33.8 Å². The van der Waals surface area contributed by atoms with Gasteiger partial charge in [-0.1, -0.05) is 38.0 Å². The number of fused-ring (bicyclic) bond motifs is 1. The van der Waals surface area contributed by atoms with Gasteiger partial charge in [0.1, 0.15) is 0 Å². The molecule has 0 aromatic heterocycles. The predicted molar refractivity (Wildman–Crippen MR) is 132 cm³/mol. The molecule has 1 heterocycles. The Bertz CT molecular complexity index is 848. The summed E-state index contributed by atoms with van der Waals surface area (Å²) < 4.78 is 2.41. The molecule has 0 radical (unpaired) electrons. The largest absolute Gasteiger partial charge is 0.481 e. The molecule has 4 nitrogen and oxygen atoms in total. The number of hydrogen-bond acceptors (Lipinski definition) is 6. The molecule has 30 heavy (non-hydrogen) atoms. The first-order valence-corrected chi connectivity index (χ1v) is 13.4. The molecule has 0 saturated heterocycles. The molecule has 2 aromatic rings. The number of unbranched alkanes of at least 4 members (excludes halogenated alkanes) is 1. The van der Waals surface area contributed by atoms with Crippen LogP contribution in [0.2, 0.25) is 0 Å². The zero-order valence-corrected chi connectivity index (χ0v) is 20.3. The minimum absolute atomic E-state index is 0.132. The predicted octanol–water partition coefficient (Wildman–Crippen LogP) is 6.38. The number of hydrogen-bond donors (Lipinski definition) is 1. The molecule has 1 aliphatic heterocycles. The van der Waals surface area contributed by atoms with Gasteiger partial charge < -0.3 is 10.0 Å². The summed E-state index contributed by atoms with van der Waals surface area (Å²) in [4.78, 5) is 15.9. The Balaban J connectivity index is 2.00. The maximum atomic E-state index is 10.9. The summed E-state index contributed by atoms with van der Waals surface area (Å²) in [6.07, 6.45) is 5.70. The number of aliphatic carboxylic acids is 1. The van der Waals surface area contributed by atoms with E-state index in [0.717, 1.165) is 6.54 Å². The summed E-state index contributed by atoms with van der Waals surface area (Å²) in [6, 6.07) is 15.7. The lowest BCUT2D eigenvalue weighted by atomic mass is 10.1. The topological polar surface area (TPSA) is 43.8 Å². The molecular formula is C23H30N2O2S3. The SMILES string of the molecule is CCCC[C@H]1CN(c2ccccc2)c2cc(SC)c(CSCC(=O)O)cc2SN1C. The summed E-state index contributed by atoms with van der Waals surface area (Å²) in [6.45, 7) is 3.21. The maximum absolute atomic E-state index is 10.9. The number of rotatable bonds is 9. The van der Waals surface area contributed by atoms with Gasteiger partial charge in [0.25, 0.3) is 0 Å². The Labute approximate surface area is 192 Å². The van der Waals surface area contributed by atoms with Crippen LogP contribution in [0.25, 0.3) is 0 Å². The van der Waals surface area contributed by atoms with Crippen molar-refractivity contribution in [1.82, 2.24) is 4.31 Å². The molecule has 2 aromatic carbocycles. The summed E-state index contributed by atoms with van der Waals surface area (Å²) in [5.41, 5.74) is 3.68. The third kappa shape index (κ3) is 5.90. The fourth-order valence-electron chi connectivity index (χ4n) is 3.65. The lowest BCUT2D eigenvalue weighted by Gasteiger charge is -2.30. The van der Waals surface area contributed by atoms with Gasteiger partial charge in [-0.3, -0.25) is 4.79 Å². The van der Waals surface area contributed by atoms with Gasteiger partial charge in [0.15, 0.2) is 0 Å². The fourth-order valence-corrected chi connectivity index (χ4v) is 6.18.